The van der Waals surface area contributed by atoms with Gasteiger partial charge < -0.3 is 0 Å². The number of nitrogens with zero attached hydrogens (tertiary/aromatic N) is 1. The molecule has 0 unspecified atom stereocenters. The number of nitrogens with one attached hydrogen (secondary N) is 1. The molecule has 0 spiro atoms. The van der Waals surface area contributed by atoms with Gasteiger partial charge >= 0.3 is 0 Å². The van der Waals surface area contributed by atoms with Gasteiger partial charge in [0.25, 0.3) is 0 Å². The number of aromatic nitrogens is 1. The molecule has 0 bridgehead atoms. The minimum absolute atomic E-state index is 0.313. The summed E-state index contributed by atoms with van der Waals surface area (Å²) in [5.41, 5.74) is 3.68. The lowest BCUT2D eigenvalue weighted by Crippen LogP contribution is -2.26. The molecule has 1 aromatic carbocycles. The van der Waals surface area contributed by atoms with E-state index in [4.69, 9.17) is 0 Å². The Morgan fingerprint density at radius 1 is 1.32 bits per heavy atom. The Labute approximate surface area is 117 Å². The van der Waals surface area contributed by atoms with Crippen LogP contribution < -0.4 is 4.72 Å². The predicted molar refractivity (Wildman–Crippen MR) is 76.9 cm³/mol. The highest BCUT2D eigenvalue weighted by Gasteiger charge is 2.13. The van der Waals surface area contributed by atoms with E-state index < -0.39 is 10.0 Å². The Morgan fingerprint density at radius 3 is 2.74 bits per heavy atom. The van der Waals surface area contributed by atoms with Crippen LogP contribution in [0.4, 0.5) is 0 Å². The van der Waals surface area contributed by atoms with E-state index in [1.165, 1.54) is 0 Å². The number of hydrogen-bond acceptors (Lipinski definition) is 4. The average Bonchev–Trinajstić information content (AvgIpc) is 2.75. The highest BCUT2D eigenvalue weighted by molar-refractivity contribution is 7.89. The van der Waals surface area contributed by atoms with E-state index in [0.717, 1.165) is 16.1 Å². The van der Waals surface area contributed by atoms with Crippen molar-refractivity contribution < 1.29 is 8.42 Å². The number of sulfonamides is 1. The number of hydrogen-bond donors (Lipinski definition) is 1. The topological polar surface area (TPSA) is 59.1 Å². The van der Waals surface area contributed by atoms with Gasteiger partial charge in [0.15, 0.2) is 0 Å². The summed E-state index contributed by atoms with van der Waals surface area (Å²) in [6.45, 7) is 4.19. The number of rotatable bonds is 5. The Hall–Kier alpha value is -1.24. The zero-order chi connectivity index (χ0) is 13.9. The van der Waals surface area contributed by atoms with Crippen LogP contribution in [0.3, 0.4) is 0 Å². The molecule has 1 heterocycles. The van der Waals surface area contributed by atoms with Crippen LogP contribution in [0.5, 0.6) is 0 Å². The summed E-state index contributed by atoms with van der Waals surface area (Å²) in [6.07, 6.45) is 0.668. The lowest BCUT2D eigenvalue weighted by Gasteiger charge is -2.07. The molecule has 1 aromatic heterocycles. The van der Waals surface area contributed by atoms with Crippen molar-refractivity contribution in [3.05, 3.63) is 45.9 Å². The van der Waals surface area contributed by atoms with E-state index >= 15 is 0 Å². The molecule has 2 rings (SSSR count). The first-order valence-electron chi connectivity index (χ1n) is 5.94. The second kappa shape index (κ2) is 5.81. The molecule has 0 atom stereocenters. The van der Waals surface area contributed by atoms with Gasteiger partial charge in [-0.05, 0) is 38.0 Å². The van der Waals surface area contributed by atoms with Gasteiger partial charge in [-0.2, -0.15) is 0 Å². The third-order valence-electron chi connectivity index (χ3n) is 2.79. The second-order valence-corrected chi connectivity index (χ2v) is 7.03. The van der Waals surface area contributed by atoms with Crippen LogP contribution in [-0.2, 0) is 16.4 Å². The van der Waals surface area contributed by atoms with E-state index in [-0.39, 0.29) is 0 Å². The molecule has 4 nitrogen and oxygen atoms in total. The molecule has 0 aliphatic heterocycles. The van der Waals surface area contributed by atoms with Gasteiger partial charge in [0.1, 0.15) is 0 Å². The smallest absolute Gasteiger partial charge is 0.240 e. The first-order valence-corrected chi connectivity index (χ1v) is 8.30. The Kier molecular flexibility index (Phi) is 4.34. The highest BCUT2D eigenvalue weighted by atomic mass is 32.2. The van der Waals surface area contributed by atoms with Crippen LogP contribution in [0.2, 0.25) is 0 Å². The van der Waals surface area contributed by atoms with E-state index in [9.17, 15) is 8.42 Å². The maximum atomic E-state index is 12.1. The summed E-state index contributed by atoms with van der Waals surface area (Å²) in [4.78, 5) is 5.57. The maximum Gasteiger partial charge on any atom is 0.240 e. The second-order valence-electron chi connectivity index (χ2n) is 4.33. The largest absolute Gasteiger partial charge is 0.250 e. The minimum atomic E-state index is -3.41. The molecule has 0 aliphatic carbocycles. The van der Waals surface area contributed by atoms with E-state index in [0.29, 0.717) is 17.9 Å². The molecule has 0 fully saturated rings. The fourth-order valence-electron chi connectivity index (χ4n) is 1.73. The Balaban J connectivity index is 2.01. The van der Waals surface area contributed by atoms with Crippen LogP contribution in [0, 0.1) is 13.8 Å². The summed E-state index contributed by atoms with van der Waals surface area (Å²) in [5.74, 6) is 0. The van der Waals surface area contributed by atoms with Gasteiger partial charge in [-0.1, -0.05) is 12.1 Å². The van der Waals surface area contributed by atoms with Gasteiger partial charge in [-0.3, -0.25) is 0 Å². The van der Waals surface area contributed by atoms with E-state index in [2.05, 4.69) is 9.71 Å². The fraction of sp³-hybridized carbons (Fsp3) is 0.308. The van der Waals surface area contributed by atoms with Crippen molar-refractivity contribution in [2.75, 3.05) is 6.54 Å². The molecule has 0 saturated heterocycles. The third-order valence-corrected chi connectivity index (χ3v) is 5.24. The van der Waals surface area contributed by atoms with Gasteiger partial charge in [0.2, 0.25) is 10.0 Å². The number of benzene rings is 1. The summed E-state index contributed by atoms with van der Waals surface area (Å²) < 4.78 is 26.8. The summed E-state index contributed by atoms with van der Waals surface area (Å²) in [5, 5.41) is 0. The average molecular weight is 296 g/mol. The molecule has 0 radical (unpaired) electrons. The van der Waals surface area contributed by atoms with Crippen LogP contribution in [0.15, 0.2) is 34.7 Å². The predicted octanol–water partition coefficient (Wildman–Crippen LogP) is 2.28. The van der Waals surface area contributed by atoms with Crippen molar-refractivity contribution in [2.24, 2.45) is 0 Å². The van der Waals surface area contributed by atoms with Crippen LogP contribution in [-0.4, -0.2) is 19.9 Å². The Bertz CT molecular complexity index is 663. The van der Waals surface area contributed by atoms with Crippen molar-refractivity contribution in [2.45, 2.75) is 25.2 Å². The van der Waals surface area contributed by atoms with E-state index in [1.807, 2.05) is 19.9 Å². The third kappa shape index (κ3) is 3.62. The maximum absolute atomic E-state index is 12.1. The van der Waals surface area contributed by atoms with Gasteiger partial charge in [0, 0.05) is 11.4 Å². The van der Waals surface area contributed by atoms with Crippen molar-refractivity contribution in [3.8, 4) is 0 Å². The minimum Gasteiger partial charge on any atom is -0.250 e. The first-order chi connectivity index (χ1) is 8.99. The molecule has 1 N–H and O–H groups in total. The molecule has 6 heteroatoms. The number of thiazole rings is 1. The summed E-state index contributed by atoms with van der Waals surface area (Å²) >= 11 is 1.55. The number of aryl methyl sites for hydroxylation is 2. The first kappa shape index (κ1) is 14.2. The summed E-state index contributed by atoms with van der Waals surface area (Å²) in [7, 11) is -3.41. The molecular formula is C13H16N2O2S2. The van der Waals surface area contributed by atoms with Gasteiger partial charge in [-0.15, -0.1) is 11.3 Å². The van der Waals surface area contributed by atoms with Crippen molar-refractivity contribution in [1.29, 1.82) is 0 Å². The SMILES string of the molecule is Cc1cccc(S(=O)(=O)NCCc2scnc2C)c1. The fourth-order valence-corrected chi connectivity index (χ4v) is 3.65. The van der Waals surface area contributed by atoms with Crippen molar-refractivity contribution in [1.82, 2.24) is 9.71 Å². The zero-order valence-corrected chi connectivity index (χ0v) is 12.5. The lowest BCUT2D eigenvalue weighted by molar-refractivity contribution is 0.581. The van der Waals surface area contributed by atoms with E-state index in [1.54, 1.807) is 35.0 Å². The zero-order valence-electron chi connectivity index (χ0n) is 10.9. The molecule has 19 heavy (non-hydrogen) atoms. The van der Waals surface area contributed by atoms with Crippen LogP contribution in [0.1, 0.15) is 16.1 Å². The van der Waals surface area contributed by atoms with Crippen LogP contribution >= 0.6 is 11.3 Å². The van der Waals surface area contributed by atoms with Crippen molar-refractivity contribution in [3.63, 3.8) is 0 Å². The van der Waals surface area contributed by atoms with Gasteiger partial charge in [-0.25, -0.2) is 18.1 Å². The Morgan fingerprint density at radius 2 is 2.11 bits per heavy atom. The highest BCUT2D eigenvalue weighted by Crippen LogP contribution is 2.13. The molecule has 0 aliphatic rings. The van der Waals surface area contributed by atoms with Gasteiger partial charge in [0.05, 0.1) is 16.1 Å². The monoisotopic (exact) mass is 296 g/mol. The molecule has 0 saturated carbocycles. The lowest BCUT2D eigenvalue weighted by atomic mass is 10.2. The van der Waals surface area contributed by atoms with Crippen molar-refractivity contribution >= 4 is 21.4 Å². The summed E-state index contributed by atoms with van der Waals surface area (Å²) in [6, 6.07) is 6.89. The normalized spacial score (nSPS) is 11.7. The molecular weight excluding hydrogens is 280 g/mol. The van der Waals surface area contributed by atoms with Crippen LogP contribution in [0.25, 0.3) is 0 Å². The molecule has 2 aromatic rings. The standard InChI is InChI=1S/C13H16N2O2S2/c1-10-4-3-5-12(8-10)19(16,17)15-7-6-13-11(2)14-9-18-13/h3-5,8-9,15H,6-7H2,1-2H3. The molecule has 102 valence electrons. The molecule has 0 amide bonds. The quantitative estimate of drug-likeness (QED) is 0.921.